The number of ether oxygens (including phenoxy) is 2. The quantitative estimate of drug-likeness (QED) is 0.244. The average Bonchev–Trinajstić information content (AvgIpc) is 2.59. The van der Waals surface area contributed by atoms with Crippen LogP contribution in [-0.4, -0.2) is 19.5 Å². The van der Waals surface area contributed by atoms with E-state index in [9.17, 15) is 0 Å². The molecule has 0 bridgehead atoms. The summed E-state index contributed by atoms with van der Waals surface area (Å²) in [4.78, 5) is 0. The minimum Gasteiger partial charge on any atom is -0.353 e. The molecule has 0 aromatic carbocycles. The van der Waals surface area contributed by atoms with Crippen LogP contribution in [-0.2, 0) is 9.47 Å². The molecule has 1 fully saturated rings. The SMILES string of the molecule is CCCCCCCCCCCC/C=C\CCOC1CCCCO1. The van der Waals surface area contributed by atoms with Gasteiger partial charge in [-0.3, -0.25) is 0 Å². The maximum Gasteiger partial charge on any atom is 0.157 e. The molecule has 0 radical (unpaired) electrons. The third-order valence-corrected chi connectivity index (χ3v) is 4.62. The fourth-order valence-corrected chi connectivity index (χ4v) is 3.10. The van der Waals surface area contributed by atoms with Crippen LogP contribution < -0.4 is 0 Å². The molecule has 0 aliphatic carbocycles. The summed E-state index contributed by atoms with van der Waals surface area (Å²) in [5.41, 5.74) is 0. The minimum atomic E-state index is 0.0686. The van der Waals surface area contributed by atoms with E-state index in [4.69, 9.17) is 9.47 Å². The third-order valence-electron chi connectivity index (χ3n) is 4.62. The molecule has 2 heteroatoms. The van der Waals surface area contributed by atoms with E-state index < -0.39 is 0 Å². The van der Waals surface area contributed by atoms with Crippen molar-refractivity contribution in [1.82, 2.24) is 0 Å². The van der Waals surface area contributed by atoms with Crippen LogP contribution in [0.4, 0.5) is 0 Å². The Balaban J connectivity index is 1.73. The Morgan fingerprint density at radius 1 is 0.826 bits per heavy atom. The molecule has 1 unspecified atom stereocenters. The van der Waals surface area contributed by atoms with E-state index in [1.165, 1.54) is 83.5 Å². The number of allylic oxidation sites excluding steroid dienone is 1. The predicted octanol–water partition coefficient (Wildman–Crippen LogP) is 6.79. The van der Waals surface area contributed by atoms with Crippen molar-refractivity contribution >= 4 is 0 Å². The number of unbranched alkanes of at least 4 members (excludes halogenated alkanes) is 10. The molecular weight excluding hydrogens is 284 g/mol. The van der Waals surface area contributed by atoms with Crippen molar-refractivity contribution in [3.8, 4) is 0 Å². The lowest BCUT2D eigenvalue weighted by Crippen LogP contribution is -2.22. The van der Waals surface area contributed by atoms with E-state index in [0.29, 0.717) is 0 Å². The smallest absolute Gasteiger partial charge is 0.157 e. The molecule has 0 aromatic rings. The molecule has 0 saturated carbocycles. The molecule has 1 rings (SSSR count). The van der Waals surface area contributed by atoms with Crippen molar-refractivity contribution in [3.05, 3.63) is 12.2 Å². The third kappa shape index (κ3) is 13.8. The van der Waals surface area contributed by atoms with E-state index in [-0.39, 0.29) is 6.29 Å². The van der Waals surface area contributed by atoms with Crippen LogP contribution in [0.3, 0.4) is 0 Å². The van der Waals surface area contributed by atoms with Gasteiger partial charge in [0, 0.05) is 6.61 Å². The van der Waals surface area contributed by atoms with E-state index in [1.54, 1.807) is 0 Å². The van der Waals surface area contributed by atoms with Crippen molar-refractivity contribution in [2.24, 2.45) is 0 Å². The lowest BCUT2D eigenvalue weighted by molar-refractivity contribution is -0.161. The summed E-state index contributed by atoms with van der Waals surface area (Å²) in [7, 11) is 0. The van der Waals surface area contributed by atoms with E-state index in [0.717, 1.165) is 26.1 Å². The minimum absolute atomic E-state index is 0.0686. The average molecular weight is 325 g/mol. The molecule has 0 amide bonds. The van der Waals surface area contributed by atoms with Crippen LogP contribution >= 0.6 is 0 Å². The number of hydrogen-bond acceptors (Lipinski definition) is 2. The molecule has 136 valence electrons. The van der Waals surface area contributed by atoms with Gasteiger partial charge >= 0.3 is 0 Å². The summed E-state index contributed by atoms with van der Waals surface area (Å²) in [5.74, 6) is 0. The second kappa shape index (κ2) is 16.5. The van der Waals surface area contributed by atoms with Crippen molar-refractivity contribution in [3.63, 3.8) is 0 Å². The van der Waals surface area contributed by atoms with Crippen molar-refractivity contribution in [1.29, 1.82) is 0 Å². The van der Waals surface area contributed by atoms with E-state index >= 15 is 0 Å². The summed E-state index contributed by atoms with van der Waals surface area (Å²) in [5, 5.41) is 0. The maximum atomic E-state index is 5.72. The van der Waals surface area contributed by atoms with Crippen LogP contribution in [0.15, 0.2) is 12.2 Å². The van der Waals surface area contributed by atoms with E-state index in [2.05, 4.69) is 19.1 Å². The Labute approximate surface area is 145 Å². The van der Waals surface area contributed by atoms with Crippen LogP contribution in [0.5, 0.6) is 0 Å². The molecule has 1 saturated heterocycles. The highest BCUT2D eigenvalue weighted by molar-refractivity contribution is 4.81. The summed E-state index contributed by atoms with van der Waals surface area (Å²) in [6, 6.07) is 0. The molecule has 1 aliphatic rings. The summed E-state index contributed by atoms with van der Waals surface area (Å²) in [6.07, 6.45) is 24.6. The highest BCUT2D eigenvalue weighted by atomic mass is 16.7. The Bertz CT molecular complexity index is 257. The lowest BCUT2D eigenvalue weighted by Gasteiger charge is -2.22. The lowest BCUT2D eigenvalue weighted by atomic mass is 10.1. The molecule has 2 nitrogen and oxygen atoms in total. The zero-order valence-corrected chi connectivity index (χ0v) is 15.6. The van der Waals surface area contributed by atoms with Gasteiger partial charge in [0.1, 0.15) is 0 Å². The fourth-order valence-electron chi connectivity index (χ4n) is 3.10. The summed E-state index contributed by atoms with van der Waals surface area (Å²) < 4.78 is 11.3. The first kappa shape index (κ1) is 20.7. The van der Waals surface area contributed by atoms with Crippen molar-refractivity contribution in [2.45, 2.75) is 110 Å². The van der Waals surface area contributed by atoms with Crippen LogP contribution in [0, 0.1) is 0 Å². The Kier molecular flexibility index (Phi) is 14.9. The highest BCUT2D eigenvalue weighted by Crippen LogP contribution is 2.14. The largest absolute Gasteiger partial charge is 0.353 e. The topological polar surface area (TPSA) is 18.5 Å². The Morgan fingerprint density at radius 3 is 2.13 bits per heavy atom. The maximum absolute atomic E-state index is 5.72. The first-order valence-corrected chi connectivity index (χ1v) is 10.3. The van der Waals surface area contributed by atoms with Gasteiger partial charge in [-0.05, 0) is 38.5 Å². The van der Waals surface area contributed by atoms with Crippen LogP contribution in [0.25, 0.3) is 0 Å². The molecular formula is C21H40O2. The van der Waals surface area contributed by atoms with Gasteiger partial charge in [-0.15, -0.1) is 0 Å². The van der Waals surface area contributed by atoms with Gasteiger partial charge in [0.15, 0.2) is 6.29 Å². The van der Waals surface area contributed by atoms with Crippen molar-refractivity contribution in [2.75, 3.05) is 13.2 Å². The van der Waals surface area contributed by atoms with Gasteiger partial charge in [-0.25, -0.2) is 0 Å². The zero-order valence-electron chi connectivity index (χ0n) is 15.6. The second-order valence-electron chi connectivity index (χ2n) is 6.90. The monoisotopic (exact) mass is 324 g/mol. The predicted molar refractivity (Wildman–Crippen MR) is 99.8 cm³/mol. The zero-order chi connectivity index (χ0) is 16.4. The van der Waals surface area contributed by atoms with Crippen LogP contribution in [0.2, 0.25) is 0 Å². The number of hydrogen-bond donors (Lipinski definition) is 0. The second-order valence-corrected chi connectivity index (χ2v) is 6.90. The van der Waals surface area contributed by atoms with E-state index in [1.807, 2.05) is 0 Å². The first-order valence-electron chi connectivity index (χ1n) is 10.3. The molecule has 0 aromatic heterocycles. The van der Waals surface area contributed by atoms with Gasteiger partial charge in [0.2, 0.25) is 0 Å². The molecule has 0 N–H and O–H groups in total. The summed E-state index contributed by atoms with van der Waals surface area (Å²) >= 11 is 0. The molecule has 0 spiro atoms. The van der Waals surface area contributed by atoms with Gasteiger partial charge in [0.25, 0.3) is 0 Å². The molecule has 1 aliphatic heterocycles. The fraction of sp³-hybridized carbons (Fsp3) is 0.905. The Morgan fingerprint density at radius 2 is 1.48 bits per heavy atom. The molecule has 1 atom stereocenters. The van der Waals surface area contributed by atoms with Crippen molar-refractivity contribution < 1.29 is 9.47 Å². The van der Waals surface area contributed by atoms with Gasteiger partial charge in [-0.1, -0.05) is 76.9 Å². The summed E-state index contributed by atoms with van der Waals surface area (Å²) in [6.45, 7) is 3.96. The molecule has 23 heavy (non-hydrogen) atoms. The number of rotatable bonds is 15. The standard InChI is InChI=1S/C21H40O2/c1-2-3-4-5-6-7-8-9-10-11-12-13-14-16-19-22-21-18-15-17-20-23-21/h13-14,21H,2-12,15-20H2,1H3/b14-13-. The highest BCUT2D eigenvalue weighted by Gasteiger charge is 2.12. The van der Waals surface area contributed by atoms with Gasteiger partial charge in [0.05, 0.1) is 6.61 Å². The van der Waals surface area contributed by atoms with Crippen LogP contribution in [0.1, 0.15) is 103 Å². The first-order chi connectivity index (χ1) is 11.4. The Hall–Kier alpha value is -0.340. The van der Waals surface area contributed by atoms with Gasteiger partial charge in [-0.2, -0.15) is 0 Å². The molecule has 1 heterocycles. The van der Waals surface area contributed by atoms with Gasteiger partial charge < -0.3 is 9.47 Å². The normalized spacial score (nSPS) is 18.7.